The summed E-state index contributed by atoms with van der Waals surface area (Å²) in [5, 5.41) is 3.51. The third kappa shape index (κ3) is 3.13. The van der Waals surface area contributed by atoms with Crippen molar-refractivity contribution >= 4 is 0 Å². The van der Waals surface area contributed by atoms with Gasteiger partial charge in [-0.2, -0.15) is 0 Å². The molecule has 0 amide bonds. The summed E-state index contributed by atoms with van der Waals surface area (Å²) in [6.45, 7) is 4.99. The van der Waals surface area contributed by atoms with Gasteiger partial charge in [0.2, 0.25) is 0 Å². The number of hydrogen-bond donors (Lipinski definition) is 2. The Morgan fingerprint density at radius 1 is 1.29 bits per heavy atom. The van der Waals surface area contributed by atoms with Crippen LogP contribution in [0.1, 0.15) is 31.9 Å². The van der Waals surface area contributed by atoms with E-state index in [2.05, 4.69) is 43.4 Å². The molecule has 2 unspecified atom stereocenters. The molecule has 0 aliphatic rings. The molecule has 78 valence electrons. The smallest absolute Gasteiger partial charge is 0.0320 e. The zero-order chi connectivity index (χ0) is 10.4. The quantitative estimate of drug-likeness (QED) is 0.749. The van der Waals surface area contributed by atoms with Crippen molar-refractivity contribution in [2.24, 2.45) is 5.73 Å². The third-order valence-electron chi connectivity index (χ3n) is 2.45. The number of nitrogens with one attached hydrogen (secondary N) is 1. The molecule has 2 heteroatoms. The molecule has 2 atom stereocenters. The van der Waals surface area contributed by atoms with Crippen LogP contribution in [-0.4, -0.2) is 12.6 Å². The molecule has 0 fully saturated rings. The van der Waals surface area contributed by atoms with Crippen molar-refractivity contribution in [3.05, 3.63) is 35.9 Å². The Labute approximate surface area is 86.5 Å². The van der Waals surface area contributed by atoms with Crippen molar-refractivity contribution in [2.75, 3.05) is 6.54 Å². The highest BCUT2D eigenvalue weighted by Crippen LogP contribution is 2.16. The van der Waals surface area contributed by atoms with Crippen LogP contribution in [0.4, 0.5) is 0 Å². The molecule has 3 N–H and O–H groups in total. The zero-order valence-electron chi connectivity index (χ0n) is 9.03. The summed E-state index contributed by atoms with van der Waals surface area (Å²) in [6, 6.07) is 11.3. The monoisotopic (exact) mass is 192 g/mol. The van der Waals surface area contributed by atoms with E-state index in [1.54, 1.807) is 0 Å². The summed E-state index contributed by atoms with van der Waals surface area (Å²) in [5.74, 6) is 0. The van der Waals surface area contributed by atoms with Crippen LogP contribution in [0.15, 0.2) is 30.3 Å². The number of hydrogen-bond acceptors (Lipinski definition) is 2. The minimum absolute atomic E-state index is 0.375. The molecule has 0 bridgehead atoms. The summed E-state index contributed by atoms with van der Waals surface area (Å²) in [4.78, 5) is 0. The van der Waals surface area contributed by atoms with E-state index in [0.717, 1.165) is 6.42 Å². The van der Waals surface area contributed by atoms with Gasteiger partial charge in [0.15, 0.2) is 0 Å². The van der Waals surface area contributed by atoms with Crippen LogP contribution < -0.4 is 11.1 Å². The molecule has 0 saturated heterocycles. The Balaban J connectivity index is 2.63. The standard InChI is InChI=1S/C12H20N2/c1-3-12(14-10(2)9-13)11-7-5-4-6-8-11/h4-8,10,12,14H,3,9,13H2,1-2H3. The summed E-state index contributed by atoms with van der Waals surface area (Å²) in [6.07, 6.45) is 1.09. The molecule has 0 aliphatic heterocycles. The first-order valence-corrected chi connectivity index (χ1v) is 5.29. The van der Waals surface area contributed by atoms with Crippen LogP contribution in [0.3, 0.4) is 0 Å². The number of nitrogens with two attached hydrogens (primary N) is 1. The van der Waals surface area contributed by atoms with Crippen molar-refractivity contribution in [3.8, 4) is 0 Å². The molecule has 0 saturated carbocycles. The summed E-state index contributed by atoms with van der Waals surface area (Å²) in [5.41, 5.74) is 6.93. The van der Waals surface area contributed by atoms with Gasteiger partial charge < -0.3 is 11.1 Å². The SMILES string of the molecule is CCC(NC(C)CN)c1ccccc1. The Bertz CT molecular complexity index is 246. The molecule has 0 radical (unpaired) electrons. The maximum atomic E-state index is 5.59. The zero-order valence-corrected chi connectivity index (χ0v) is 9.03. The van der Waals surface area contributed by atoms with E-state index in [4.69, 9.17) is 5.73 Å². The minimum Gasteiger partial charge on any atom is -0.329 e. The highest BCUT2D eigenvalue weighted by Gasteiger charge is 2.10. The lowest BCUT2D eigenvalue weighted by Crippen LogP contribution is -2.35. The predicted octanol–water partition coefficient (Wildman–Crippen LogP) is 2.07. The first kappa shape index (κ1) is 11.2. The maximum Gasteiger partial charge on any atom is 0.0320 e. The Hall–Kier alpha value is -0.860. The van der Waals surface area contributed by atoms with Gasteiger partial charge in [0.1, 0.15) is 0 Å². The molecular formula is C12H20N2. The van der Waals surface area contributed by atoms with Gasteiger partial charge >= 0.3 is 0 Å². The van der Waals surface area contributed by atoms with Crippen LogP contribution in [0, 0.1) is 0 Å². The second kappa shape index (κ2) is 5.78. The second-order valence-electron chi connectivity index (χ2n) is 3.67. The van der Waals surface area contributed by atoms with Crippen LogP contribution in [0.2, 0.25) is 0 Å². The number of benzene rings is 1. The van der Waals surface area contributed by atoms with Gasteiger partial charge in [-0.3, -0.25) is 0 Å². The van der Waals surface area contributed by atoms with Gasteiger partial charge in [-0.05, 0) is 18.9 Å². The lowest BCUT2D eigenvalue weighted by Gasteiger charge is -2.21. The van der Waals surface area contributed by atoms with Crippen molar-refractivity contribution in [3.63, 3.8) is 0 Å². The average Bonchev–Trinajstić information content (AvgIpc) is 2.26. The van der Waals surface area contributed by atoms with Crippen LogP contribution >= 0.6 is 0 Å². The molecule has 2 nitrogen and oxygen atoms in total. The van der Waals surface area contributed by atoms with Gasteiger partial charge in [-0.25, -0.2) is 0 Å². The predicted molar refractivity (Wildman–Crippen MR) is 61.1 cm³/mol. The summed E-state index contributed by atoms with van der Waals surface area (Å²) in [7, 11) is 0. The second-order valence-corrected chi connectivity index (χ2v) is 3.67. The van der Waals surface area contributed by atoms with Crippen LogP contribution in [0.5, 0.6) is 0 Å². The van der Waals surface area contributed by atoms with Gasteiger partial charge in [-0.15, -0.1) is 0 Å². The van der Waals surface area contributed by atoms with Gasteiger partial charge in [0.25, 0.3) is 0 Å². The van der Waals surface area contributed by atoms with Crippen molar-refractivity contribution in [2.45, 2.75) is 32.4 Å². The molecule has 1 rings (SSSR count). The van der Waals surface area contributed by atoms with Crippen molar-refractivity contribution in [1.29, 1.82) is 0 Å². The van der Waals surface area contributed by atoms with E-state index >= 15 is 0 Å². The first-order valence-electron chi connectivity index (χ1n) is 5.29. The largest absolute Gasteiger partial charge is 0.329 e. The van der Waals surface area contributed by atoms with E-state index in [1.807, 2.05) is 6.07 Å². The third-order valence-corrected chi connectivity index (χ3v) is 2.45. The van der Waals surface area contributed by atoms with Crippen LogP contribution in [0.25, 0.3) is 0 Å². The maximum absolute atomic E-state index is 5.59. The lowest BCUT2D eigenvalue weighted by atomic mass is 10.0. The Kier molecular flexibility index (Phi) is 4.63. The van der Waals surface area contributed by atoms with Crippen molar-refractivity contribution in [1.82, 2.24) is 5.32 Å². The normalized spacial score (nSPS) is 15.1. The Morgan fingerprint density at radius 3 is 2.43 bits per heavy atom. The molecule has 0 heterocycles. The van der Waals surface area contributed by atoms with E-state index in [0.29, 0.717) is 18.6 Å². The van der Waals surface area contributed by atoms with E-state index in [9.17, 15) is 0 Å². The fourth-order valence-electron chi connectivity index (χ4n) is 1.55. The fraction of sp³-hybridized carbons (Fsp3) is 0.500. The topological polar surface area (TPSA) is 38.0 Å². The average molecular weight is 192 g/mol. The molecule has 0 spiro atoms. The van der Waals surface area contributed by atoms with E-state index in [-0.39, 0.29) is 0 Å². The highest BCUT2D eigenvalue weighted by atomic mass is 15.0. The fourth-order valence-corrected chi connectivity index (χ4v) is 1.55. The van der Waals surface area contributed by atoms with Crippen LogP contribution in [-0.2, 0) is 0 Å². The minimum atomic E-state index is 0.375. The van der Waals surface area contributed by atoms with E-state index < -0.39 is 0 Å². The van der Waals surface area contributed by atoms with Crippen molar-refractivity contribution < 1.29 is 0 Å². The van der Waals surface area contributed by atoms with Gasteiger partial charge in [0.05, 0.1) is 0 Å². The highest BCUT2D eigenvalue weighted by molar-refractivity contribution is 5.18. The van der Waals surface area contributed by atoms with Gasteiger partial charge in [-0.1, -0.05) is 37.3 Å². The molecule has 1 aromatic carbocycles. The lowest BCUT2D eigenvalue weighted by molar-refractivity contribution is 0.450. The summed E-state index contributed by atoms with van der Waals surface area (Å²) >= 11 is 0. The first-order chi connectivity index (χ1) is 6.77. The molecule has 14 heavy (non-hydrogen) atoms. The Morgan fingerprint density at radius 2 is 1.93 bits per heavy atom. The number of rotatable bonds is 5. The summed E-state index contributed by atoms with van der Waals surface area (Å²) < 4.78 is 0. The molecule has 1 aromatic rings. The van der Waals surface area contributed by atoms with E-state index in [1.165, 1.54) is 5.56 Å². The molecule has 0 aromatic heterocycles. The van der Waals surface area contributed by atoms with Gasteiger partial charge in [0, 0.05) is 18.6 Å². The molecular weight excluding hydrogens is 172 g/mol. The molecule has 0 aliphatic carbocycles.